The average Bonchev–Trinajstić information content (AvgIpc) is 2.20. The van der Waals surface area contributed by atoms with Crippen molar-refractivity contribution in [2.75, 3.05) is 11.5 Å². The molecule has 0 aromatic heterocycles. The minimum absolute atomic E-state index is 0.0942. The van der Waals surface area contributed by atoms with Gasteiger partial charge in [0.1, 0.15) is 0 Å². The van der Waals surface area contributed by atoms with E-state index in [2.05, 4.69) is 0 Å². The first-order valence-electron chi connectivity index (χ1n) is 4.38. The van der Waals surface area contributed by atoms with Gasteiger partial charge in [-0.25, -0.2) is 8.42 Å². The highest BCUT2D eigenvalue weighted by Crippen LogP contribution is 2.52. The molecule has 5 heteroatoms. The Morgan fingerprint density at radius 1 is 1.38 bits per heavy atom. The number of sulfone groups is 1. The number of carbonyl (C=O) groups is 1. The van der Waals surface area contributed by atoms with E-state index in [0.29, 0.717) is 0 Å². The fraction of sp³-hybridized carbons (Fsp3) is 0.875. The molecule has 1 N–H and O–H groups in total. The van der Waals surface area contributed by atoms with Crippen molar-refractivity contribution in [3.63, 3.8) is 0 Å². The van der Waals surface area contributed by atoms with Crippen molar-refractivity contribution in [2.24, 2.45) is 11.3 Å². The van der Waals surface area contributed by atoms with Crippen LogP contribution in [0.4, 0.5) is 0 Å². The maximum Gasteiger partial charge on any atom is 0.308 e. The molecule has 1 aliphatic carbocycles. The monoisotopic (exact) mass is 204 g/mol. The standard InChI is InChI=1S/C8H12O4S/c9-7(10)6-4-13(11,12)5-8(6)2-1-3-8/h6H,1-5H2,(H,9,10). The van der Waals surface area contributed by atoms with Gasteiger partial charge in [0.25, 0.3) is 0 Å². The lowest BCUT2D eigenvalue weighted by Gasteiger charge is -2.40. The SMILES string of the molecule is O=C(O)C1CS(=O)(=O)CC12CCC2. The highest BCUT2D eigenvalue weighted by atomic mass is 32.2. The summed E-state index contributed by atoms with van der Waals surface area (Å²) in [5.74, 6) is -1.65. The molecule has 0 radical (unpaired) electrons. The number of rotatable bonds is 1. The summed E-state index contributed by atoms with van der Waals surface area (Å²) in [5.41, 5.74) is -0.398. The zero-order valence-electron chi connectivity index (χ0n) is 7.19. The van der Waals surface area contributed by atoms with Crippen LogP contribution in [0.15, 0.2) is 0 Å². The largest absolute Gasteiger partial charge is 0.481 e. The molecule has 2 rings (SSSR count). The van der Waals surface area contributed by atoms with Gasteiger partial charge in [-0.2, -0.15) is 0 Å². The summed E-state index contributed by atoms with van der Waals surface area (Å²) >= 11 is 0. The van der Waals surface area contributed by atoms with Crippen molar-refractivity contribution < 1.29 is 18.3 Å². The van der Waals surface area contributed by atoms with Crippen molar-refractivity contribution >= 4 is 15.8 Å². The molecule has 0 amide bonds. The van der Waals surface area contributed by atoms with Gasteiger partial charge in [-0.15, -0.1) is 0 Å². The number of carboxylic acids is 1. The van der Waals surface area contributed by atoms with Gasteiger partial charge in [0, 0.05) is 0 Å². The van der Waals surface area contributed by atoms with Gasteiger partial charge >= 0.3 is 5.97 Å². The number of hydrogen-bond acceptors (Lipinski definition) is 3. The van der Waals surface area contributed by atoms with E-state index in [4.69, 9.17) is 5.11 Å². The van der Waals surface area contributed by atoms with Crippen molar-refractivity contribution in [3.8, 4) is 0 Å². The second kappa shape index (κ2) is 2.47. The zero-order valence-corrected chi connectivity index (χ0v) is 8.01. The summed E-state index contributed by atoms with van der Waals surface area (Å²) in [6.07, 6.45) is 2.51. The summed E-state index contributed by atoms with van der Waals surface area (Å²) in [4.78, 5) is 10.8. The van der Waals surface area contributed by atoms with E-state index in [-0.39, 0.29) is 11.5 Å². The molecule has 4 nitrogen and oxygen atoms in total. The van der Waals surface area contributed by atoms with Crippen LogP contribution in [0.3, 0.4) is 0 Å². The molecule has 1 unspecified atom stereocenters. The molecule has 1 atom stereocenters. The van der Waals surface area contributed by atoms with Crippen molar-refractivity contribution in [1.29, 1.82) is 0 Å². The summed E-state index contributed by atoms with van der Waals surface area (Å²) in [6, 6.07) is 0. The van der Waals surface area contributed by atoms with Gasteiger partial charge < -0.3 is 5.11 Å². The quantitative estimate of drug-likeness (QED) is 0.666. The third kappa shape index (κ3) is 1.25. The Morgan fingerprint density at radius 2 is 2.00 bits per heavy atom. The molecule has 1 spiro atoms. The van der Waals surface area contributed by atoms with E-state index in [9.17, 15) is 13.2 Å². The van der Waals surface area contributed by atoms with E-state index in [1.807, 2.05) is 0 Å². The van der Waals surface area contributed by atoms with Crippen LogP contribution in [0.25, 0.3) is 0 Å². The maximum atomic E-state index is 11.3. The Balaban J connectivity index is 2.32. The molecule has 1 heterocycles. The van der Waals surface area contributed by atoms with Crippen LogP contribution in [-0.2, 0) is 14.6 Å². The van der Waals surface area contributed by atoms with Gasteiger partial charge in [0.05, 0.1) is 17.4 Å². The van der Waals surface area contributed by atoms with Crippen molar-refractivity contribution in [3.05, 3.63) is 0 Å². The second-order valence-electron chi connectivity index (χ2n) is 4.16. The third-order valence-corrected chi connectivity index (χ3v) is 5.17. The van der Waals surface area contributed by atoms with Crippen LogP contribution in [0, 0.1) is 11.3 Å². The Bertz CT molecular complexity index is 339. The van der Waals surface area contributed by atoms with Crippen LogP contribution in [0.1, 0.15) is 19.3 Å². The van der Waals surface area contributed by atoms with Crippen LogP contribution in [0.5, 0.6) is 0 Å². The van der Waals surface area contributed by atoms with Gasteiger partial charge in [-0.1, -0.05) is 6.42 Å². The van der Waals surface area contributed by atoms with E-state index in [0.717, 1.165) is 19.3 Å². The predicted octanol–water partition coefficient (Wildman–Crippen LogP) is 0.286. The first kappa shape index (κ1) is 8.99. The molecule has 74 valence electrons. The first-order valence-corrected chi connectivity index (χ1v) is 6.21. The molecular formula is C8H12O4S. The lowest BCUT2D eigenvalue weighted by molar-refractivity contribution is -0.146. The minimum Gasteiger partial charge on any atom is -0.481 e. The predicted molar refractivity (Wildman–Crippen MR) is 46.1 cm³/mol. The van der Waals surface area contributed by atoms with Crippen molar-refractivity contribution in [1.82, 2.24) is 0 Å². The lowest BCUT2D eigenvalue weighted by atomic mass is 9.63. The van der Waals surface area contributed by atoms with Gasteiger partial charge in [0.15, 0.2) is 9.84 Å². The number of carboxylic acid groups (broad SMARTS) is 1. The van der Waals surface area contributed by atoms with E-state index in [1.165, 1.54) is 0 Å². The normalized spacial score (nSPS) is 34.3. The fourth-order valence-corrected chi connectivity index (χ4v) is 4.97. The zero-order chi connectivity index (χ0) is 9.69. The molecule has 1 saturated carbocycles. The molecular weight excluding hydrogens is 192 g/mol. The fourth-order valence-electron chi connectivity index (χ4n) is 2.49. The molecule has 2 aliphatic rings. The molecule has 13 heavy (non-hydrogen) atoms. The summed E-state index contributed by atoms with van der Waals surface area (Å²) < 4.78 is 22.6. The second-order valence-corrected chi connectivity index (χ2v) is 6.27. The smallest absolute Gasteiger partial charge is 0.308 e. The molecule has 1 saturated heterocycles. The lowest BCUT2D eigenvalue weighted by Crippen LogP contribution is -2.40. The Kier molecular flexibility index (Phi) is 1.71. The van der Waals surface area contributed by atoms with Gasteiger partial charge in [-0.3, -0.25) is 4.79 Å². The minimum atomic E-state index is -3.09. The molecule has 2 fully saturated rings. The van der Waals surface area contributed by atoms with E-state index >= 15 is 0 Å². The van der Waals surface area contributed by atoms with Crippen LogP contribution in [0.2, 0.25) is 0 Å². The van der Waals surface area contributed by atoms with Crippen LogP contribution in [-0.4, -0.2) is 31.0 Å². The summed E-state index contributed by atoms with van der Waals surface area (Å²) in [5, 5.41) is 8.88. The van der Waals surface area contributed by atoms with E-state index < -0.39 is 27.1 Å². The van der Waals surface area contributed by atoms with E-state index in [1.54, 1.807) is 0 Å². The first-order chi connectivity index (χ1) is 5.95. The van der Waals surface area contributed by atoms with Gasteiger partial charge in [-0.05, 0) is 18.3 Å². The van der Waals surface area contributed by atoms with Gasteiger partial charge in [0.2, 0.25) is 0 Å². The highest BCUT2D eigenvalue weighted by molar-refractivity contribution is 7.91. The van der Waals surface area contributed by atoms with Crippen LogP contribution < -0.4 is 0 Å². The number of aliphatic carboxylic acids is 1. The topological polar surface area (TPSA) is 71.4 Å². The highest BCUT2D eigenvalue weighted by Gasteiger charge is 2.56. The molecule has 0 aromatic carbocycles. The summed E-state index contributed by atoms with van der Waals surface area (Å²) in [6.45, 7) is 0. The molecule has 0 bridgehead atoms. The summed E-state index contributed by atoms with van der Waals surface area (Å²) in [7, 11) is -3.09. The molecule has 0 aromatic rings. The Labute approximate surface area is 76.9 Å². The van der Waals surface area contributed by atoms with Crippen LogP contribution >= 0.6 is 0 Å². The average molecular weight is 204 g/mol. The Morgan fingerprint density at radius 3 is 2.31 bits per heavy atom. The number of hydrogen-bond donors (Lipinski definition) is 1. The Hall–Kier alpha value is -0.580. The molecule has 1 aliphatic heterocycles. The third-order valence-electron chi connectivity index (χ3n) is 3.31. The maximum absolute atomic E-state index is 11.3. The van der Waals surface area contributed by atoms with Crippen molar-refractivity contribution in [2.45, 2.75) is 19.3 Å².